The lowest BCUT2D eigenvalue weighted by Gasteiger charge is -2.10. The predicted molar refractivity (Wildman–Crippen MR) is 112 cm³/mol. The molecule has 2 heterocycles. The fourth-order valence-corrected chi connectivity index (χ4v) is 3.35. The average molecular weight is 391 g/mol. The minimum atomic E-state index is -0.354. The Morgan fingerprint density at radius 1 is 1.14 bits per heavy atom. The highest BCUT2D eigenvalue weighted by Gasteiger charge is 2.12. The maximum atomic E-state index is 13.8. The molecule has 7 heteroatoms. The van der Waals surface area contributed by atoms with Crippen LogP contribution in [0.2, 0.25) is 0 Å². The van der Waals surface area contributed by atoms with Crippen LogP contribution in [0.4, 0.5) is 10.1 Å². The van der Waals surface area contributed by atoms with E-state index in [9.17, 15) is 9.18 Å². The molecule has 0 aliphatic carbocycles. The van der Waals surface area contributed by atoms with Gasteiger partial charge in [0.05, 0.1) is 17.9 Å². The van der Waals surface area contributed by atoms with Gasteiger partial charge in [0.15, 0.2) is 5.82 Å². The molecule has 4 aromatic rings. The van der Waals surface area contributed by atoms with Crippen LogP contribution in [0.25, 0.3) is 17.2 Å². The third-order valence-electron chi connectivity index (χ3n) is 4.89. The largest absolute Gasteiger partial charge is 0.377 e. The van der Waals surface area contributed by atoms with Crippen molar-refractivity contribution in [2.75, 3.05) is 5.32 Å². The van der Waals surface area contributed by atoms with Crippen LogP contribution in [-0.2, 0) is 6.54 Å². The van der Waals surface area contributed by atoms with Crippen LogP contribution in [0.5, 0.6) is 0 Å². The zero-order valence-corrected chi connectivity index (χ0v) is 16.5. The number of nitrogens with zero attached hydrogens (tertiary/aromatic N) is 3. The molecule has 0 saturated heterocycles. The molecule has 29 heavy (non-hydrogen) atoms. The Hall–Kier alpha value is -3.48. The van der Waals surface area contributed by atoms with E-state index in [0.717, 1.165) is 5.56 Å². The second kappa shape index (κ2) is 7.50. The number of hydrogen-bond acceptors (Lipinski definition) is 4. The molecule has 0 radical (unpaired) electrons. The van der Waals surface area contributed by atoms with Crippen molar-refractivity contribution >= 4 is 11.5 Å². The normalized spacial score (nSPS) is 11.3. The first-order chi connectivity index (χ1) is 13.9. The Morgan fingerprint density at radius 2 is 1.93 bits per heavy atom. The van der Waals surface area contributed by atoms with Crippen molar-refractivity contribution in [2.24, 2.45) is 0 Å². The molecule has 0 amide bonds. The topological polar surface area (TPSA) is 75.1 Å². The molecule has 4 rings (SSSR count). The first-order valence-electron chi connectivity index (χ1n) is 9.50. The van der Waals surface area contributed by atoms with Gasteiger partial charge in [-0.3, -0.25) is 9.89 Å². The van der Waals surface area contributed by atoms with Crippen molar-refractivity contribution in [3.05, 3.63) is 81.5 Å². The van der Waals surface area contributed by atoms with E-state index in [0.29, 0.717) is 23.1 Å². The van der Waals surface area contributed by atoms with E-state index in [1.807, 2.05) is 6.07 Å². The lowest BCUT2D eigenvalue weighted by molar-refractivity contribution is 0.630. The van der Waals surface area contributed by atoms with Gasteiger partial charge in [0.1, 0.15) is 5.82 Å². The zero-order chi connectivity index (χ0) is 20.5. The van der Waals surface area contributed by atoms with Crippen molar-refractivity contribution in [2.45, 2.75) is 33.2 Å². The molecular formula is C22H22FN5O. The van der Waals surface area contributed by atoms with Crippen LogP contribution in [-0.4, -0.2) is 19.6 Å². The summed E-state index contributed by atoms with van der Waals surface area (Å²) in [4.78, 5) is 21.4. The standard InChI is InChI=1S/C22H22FN5O/c1-13(2)17-10-15(9-8-14(17)3)21-26-22-25-16(11-20(29)28(22)27-21)12-24-19-7-5-4-6-18(19)23/h4-11,13,24H,12H2,1-3H3,(H,25,26,27). The van der Waals surface area contributed by atoms with Gasteiger partial charge in [0.2, 0.25) is 0 Å². The number of rotatable bonds is 5. The third-order valence-corrected chi connectivity index (χ3v) is 4.89. The van der Waals surface area contributed by atoms with Gasteiger partial charge in [0, 0.05) is 11.6 Å². The van der Waals surface area contributed by atoms with Gasteiger partial charge in [-0.15, -0.1) is 0 Å². The van der Waals surface area contributed by atoms with E-state index in [2.05, 4.69) is 53.3 Å². The van der Waals surface area contributed by atoms with Crippen LogP contribution in [0.15, 0.2) is 53.3 Å². The van der Waals surface area contributed by atoms with Gasteiger partial charge in [-0.25, -0.2) is 9.37 Å². The summed E-state index contributed by atoms with van der Waals surface area (Å²) in [7, 11) is 0. The Bertz CT molecular complexity index is 1240. The number of hydrogen-bond donors (Lipinski definition) is 2. The van der Waals surface area contributed by atoms with Gasteiger partial charge in [-0.1, -0.05) is 38.1 Å². The molecule has 0 saturated carbocycles. The molecule has 2 N–H and O–H groups in total. The summed E-state index contributed by atoms with van der Waals surface area (Å²) < 4.78 is 15.1. The number of para-hydroxylation sites is 1. The molecule has 0 aliphatic heterocycles. The van der Waals surface area contributed by atoms with E-state index >= 15 is 0 Å². The average Bonchev–Trinajstić information content (AvgIpc) is 3.12. The molecule has 0 spiro atoms. The predicted octanol–water partition coefficient (Wildman–Crippen LogP) is 4.27. The van der Waals surface area contributed by atoms with Crippen molar-refractivity contribution in [3.8, 4) is 11.4 Å². The number of halogens is 1. The van der Waals surface area contributed by atoms with Crippen LogP contribution in [0, 0.1) is 12.7 Å². The van der Waals surface area contributed by atoms with Gasteiger partial charge in [0.25, 0.3) is 11.3 Å². The molecule has 0 fully saturated rings. The summed E-state index contributed by atoms with van der Waals surface area (Å²) in [5.41, 5.74) is 3.93. The lowest BCUT2D eigenvalue weighted by Crippen LogP contribution is -2.17. The molecule has 6 nitrogen and oxygen atoms in total. The number of benzene rings is 2. The van der Waals surface area contributed by atoms with Gasteiger partial charge >= 0.3 is 0 Å². The van der Waals surface area contributed by atoms with Crippen molar-refractivity contribution in [3.63, 3.8) is 0 Å². The quantitative estimate of drug-likeness (QED) is 0.533. The number of nitrogens with one attached hydrogen (secondary N) is 2. The van der Waals surface area contributed by atoms with Crippen molar-refractivity contribution in [1.82, 2.24) is 19.6 Å². The highest BCUT2D eigenvalue weighted by atomic mass is 19.1. The highest BCUT2D eigenvalue weighted by Crippen LogP contribution is 2.25. The number of aryl methyl sites for hydroxylation is 1. The molecular weight excluding hydrogens is 369 g/mol. The van der Waals surface area contributed by atoms with E-state index in [4.69, 9.17) is 0 Å². The minimum absolute atomic E-state index is 0.219. The minimum Gasteiger partial charge on any atom is -0.377 e. The highest BCUT2D eigenvalue weighted by molar-refractivity contribution is 5.59. The number of fused-ring (bicyclic) bond motifs is 1. The number of aromatic nitrogens is 4. The van der Waals surface area contributed by atoms with E-state index < -0.39 is 0 Å². The molecule has 0 atom stereocenters. The van der Waals surface area contributed by atoms with E-state index in [1.165, 1.54) is 27.8 Å². The second-order valence-electron chi connectivity index (χ2n) is 7.35. The summed E-state index contributed by atoms with van der Waals surface area (Å²) in [5, 5.41) is 5.99. The molecule has 0 unspecified atom stereocenters. The Kier molecular flexibility index (Phi) is 4.88. The van der Waals surface area contributed by atoms with Crippen LogP contribution in [0.1, 0.15) is 36.6 Å². The number of H-pyrrole nitrogens is 1. The van der Waals surface area contributed by atoms with Crippen LogP contribution in [0.3, 0.4) is 0 Å². The summed E-state index contributed by atoms with van der Waals surface area (Å²) in [5.74, 6) is 0.893. The van der Waals surface area contributed by atoms with Crippen molar-refractivity contribution < 1.29 is 4.39 Å². The zero-order valence-electron chi connectivity index (χ0n) is 16.5. The van der Waals surface area contributed by atoms with E-state index in [1.54, 1.807) is 18.2 Å². The molecule has 2 aromatic carbocycles. The fourth-order valence-electron chi connectivity index (χ4n) is 3.35. The third kappa shape index (κ3) is 3.76. The van der Waals surface area contributed by atoms with Crippen molar-refractivity contribution in [1.29, 1.82) is 0 Å². The SMILES string of the molecule is Cc1ccc(-c2nc3nc(CNc4ccccc4F)cc(=O)n3[nH]2)cc1C(C)C. The van der Waals surface area contributed by atoms with Gasteiger partial charge < -0.3 is 5.32 Å². The van der Waals surface area contributed by atoms with Crippen LogP contribution >= 0.6 is 0 Å². The summed E-state index contributed by atoms with van der Waals surface area (Å²) in [6, 6.07) is 13.9. The van der Waals surface area contributed by atoms with Gasteiger partial charge in [-0.05, 0) is 42.2 Å². The monoisotopic (exact) mass is 391 g/mol. The van der Waals surface area contributed by atoms with Gasteiger partial charge in [-0.2, -0.15) is 9.50 Å². The van der Waals surface area contributed by atoms with Crippen LogP contribution < -0.4 is 10.9 Å². The number of aromatic amines is 1. The lowest BCUT2D eigenvalue weighted by atomic mass is 9.96. The smallest absolute Gasteiger partial charge is 0.274 e. The second-order valence-corrected chi connectivity index (χ2v) is 7.35. The first-order valence-corrected chi connectivity index (χ1v) is 9.50. The Labute approximate surface area is 167 Å². The molecule has 0 aliphatic rings. The number of anilines is 1. The maximum absolute atomic E-state index is 13.8. The Morgan fingerprint density at radius 3 is 2.69 bits per heavy atom. The molecule has 148 valence electrons. The summed E-state index contributed by atoms with van der Waals surface area (Å²) in [6.45, 7) is 6.59. The molecule has 2 aromatic heterocycles. The Balaban J connectivity index is 1.66. The molecule has 0 bridgehead atoms. The first kappa shape index (κ1) is 18.9. The summed E-state index contributed by atoms with van der Waals surface area (Å²) in [6.07, 6.45) is 0. The maximum Gasteiger partial charge on any atom is 0.274 e. The summed E-state index contributed by atoms with van der Waals surface area (Å²) >= 11 is 0. The van der Waals surface area contributed by atoms with E-state index in [-0.39, 0.29) is 23.7 Å². The fraction of sp³-hybridized carbons (Fsp3) is 0.227.